The van der Waals surface area contributed by atoms with Crippen molar-refractivity contribution in [3.8, 4) is 24.3 Å². The Morgan fingerprint density at radius 3 is 1.54 bits per heavy atom. The number of carbonyl (C=O) groups is 3. The summed E-state index contributed by atoms with van der Waals surface area (Å²) in [5, 5.41) is 37.3. The highest BCUT2D eigenvalue weighted by Gasteiger charge is 2.29. The molecule has 0 saturated carbocycles. The van der Waals surface area contributed by atoms with Crippen LogP contribution < -0.4 is 10.6 Å². The van der Waals surface area contributed by atoms with Crippen molar-refractivity contribution in [3.63, 3.8) is 0 Å². The maximum Gasteiger partial charge on any atom is 0.271 e. The fourth-order valence-electron chi connectivity index (χ4n) is 1.42. The lowest BCUT2D eigenvalue weighted by molar-refractivity contribution is -0.124. The molecule has 9 nitrogen and oxygen atoms in total. The zero-order chi connectivity index (χ0) is 18.4. The molecule has 0 saturated heterocycles. The number of rotatable bonds is 0. The molecule has 2 N–H and O–H groups in total. The highest BCUT2D eigenvalue weighted by Crippen LogP contribution is 2.24. The van der Waals surface area contributed by atoms with Crippen LogP contribution in [0.4, 0.5) is 0 Å². The number of halogens is 2. The summed E-state index contributed by atoms with van der Waals surface area (Å²) in [5.41, 5.74) is -0.945. The van der Waals surface area contributed by atoms with E-state index in [1.807, 2.05) is 5.32 Å². The summed E-state index contributed by atoms with van der Waals surface area (Å²) in [4.78, 5) is 32.0. The number of hydrogen-bond acceptors (Lipinski definition) is 7. The van der Waals surface area contributed by atoms with Crippen LogP contribution in [0.2, 0.25) is 0 Å². The fraction of sp³-hybridized carbons (Fsp3) is 0. The summed E-state index contributed by atoms with van der Waals surface area (Å²) < 4.78 is 0. The predicted octanol–water partition coefficient (Wildman–Crippen LogP) is 0.0932. The Morgan fingerprint density at radius 2 is 1.21 bits per heavy atom. The number of nitriles is 4. The van der Waals surface area contributed by atoms with Gasteiger partial charge < -0.3 is 5.32 Å². The van der Waals surface area contributed by atoms with Gasteiger partial charge in [0.25, 0.3) is 17.7 Å². The Labute approximate surface area is 144 Å². The van der Waals surface area contributed by atoms with Crippen LogP contribution in [0.25, 0.3) is 0 Å². The number of imide groups is 1. The van der Waals surface area contributed by atoms with Crippen molar-refractivity contribution in [1.29, 1.82) is 21.0 Å². The molecular formula is C13H2Cl2N6O3. The number of nitrogens with zero attached hydrogens (tertiary/aromatic N) is 4. The van der Waals surface area contributed by atoms with E-state index in [4.69, 9.17) is 44.2 Å². The molecular weight excluding hydrogens is 359 g/mol. The normalized spacial score (nSPS) is 15.4. The minimum absolute atomic E-state index is 0.118. The molecule has 0 unspecified atom stereocenters. The van der Waals surface area contributed by atoms with Crippen LogP contribution in [0, 0.1) is 45.3 Å². The van der Waals surface area contributed by atoms with Gasteiger partial charge in [0, 0.05) is 0 Å². The molecule has 0 atom stereocenters. The van der Waals surface area contributed by atoms with Gasteiger partial charge in [-0.25, -0.2) is 0 Å². The molecule has 0 bridgehead atoms. The average molecular weight is 361 g/mol. The maximum absolute atomic E-state index is 11.0. The molecule has 11 heteroatoms. The monoisotopic (exact) mass is 360 g/mol. The molecule has 0 aromatic heterocycles. The van der Waals surface area contributed by atoms with Gasteiger partial charge in [-0.05, 0) is 0 Å². The average Bonchev–Trinajstić information content (AvgIpc) is 2.97. The summed E-state index contributed by atoms with van der Waals surface area (Å²) in [7, 11) is 0. The van der Waals surface area contributed by atoms with Crippen LogP contribution in [0.1, 0.15) is 0 Å². The molecule has 2 rings (SSSR count). The van der Waals surface area contributed by atoms with Crippen molar-refractivity contribution in [2.24, 2.45) is 0 Å². The quantitative estimate of drug-likeness (QED) is 0.455. The molecule has 0 spiro atoms. The lowest BCUT2D eigenvalue weighted by atomic mass is 10.1. The van der Waals surface area contributed by atoms with Crippen molar-refractivity contribution in [2.45, 2.75) is 0 Å². The van der Waals surface area contributed by atoms with E-state index >= 15 is 0 Å². The minimum Gasteiger partial charge on any atom is -0.318 e. The van der Waals surface area contributed by atoms with E-state index in [0.717, 1.165) is 0 Å². The first kappa shape index (κ1) is 18.4. The summed E-state index contributed by atoms with van der Waals surface area (Å²) in [6.45, 7) is 0. The highest BCUT2D eigenvalue weighted by atomic mass is 35.5. The molecule has 2 aliphatic rings. The van der Waals surface area contributed by atoms with E-state index < -0.39 is 17.7 Å². The van der Waals surface area contributed by atoms with E-state index in [-0.39, 0.29) is 32.5 Å². The highest BCUT2D eigenvalue weighted by molar-refractivity contribution is 6.48. The Morgan fingerprint density at radius 1 is 0.750 bits per heavy atom. The lowest BCUT2D eigenvalue weighted by Gasteiger charge is -1.95. The van der Waals surface area contributed by atoms with Gasteiger partial charge in [-0.3, -0.25) is 19.7 Å². The van der Waals surface area contributed by atoms with E-state index in [1.165, 1.54) is 6.07 Å². The van der Waals surface area contributed by atoms with E-state index in [1.54, 1.807) is 18.2 Å². The molecule has 0 aliphatic carbocycles. The van der Waals surface area contributed by atoms with E-state index in [0.29, 0.717) is 0 Å². The molecule has 0 aromatic carbocycles. The summed E-state index contributed by atoms with van der Waals surface area (Å²) in [6, 6.07) is 6.27. The predicted molar refractivity (Wildman–Crippen MR) is 76.5 cm³/mol. The molecule has 0 radical (unpaired) electrons. The van der Waals surface area contributed by atoms with Crippen molar-refractivity contribution < 1.29 is 14.4 Å². The first-order valence-electron chi connectivity index (χ1n) is 5.63. The minimum atomic E-state index is -0.725. The SMILES string of the molecule is N#CC(C#N)=C1NC(=O)C(Cl)=C1C#N.N#CC1=C(Cl)C(=O)NC1=O. The summed E-state index contributed by atoms with van der Waals surface area (Å²) >= 11 is 10.7. The first-order chi connectivity index (χ1) is 11.3. The number of nitrogens with one attached hydrogen (secondary N) is 2. The Kier molecular flexibility index (Phi) is 5.82. The standard InChI is InChI=1S/C8HClN4O.C5HClN2O2/c9-6-5(3-12)7(13-8(6)14)4(1-10)2-11;6-3-2(1-7)4(9)8-5(3)10/h(H,13,14);(H,8,9,10). The van der Waals surface area contributed by atoms with E-state index in [9.17, 15) is 14.4 Å². The number of carbonyl (C=O) groups excluding carboxylic acids is 3. The largest absolute Gasteiger partial charge is 0.318 e. The molecule has 116 valence electrons. The third-order valence-corrected chi connectivity index (χ3v) is 3.20. The van der Waals surface area contributed by atoms with E-state index in [2.05, 4.69) is 5.32 Å². The Balaban J connectivity index is 0.000000254. The van der Waals surface area contributed by atoms with Crippen LogP contribution >= 0.6 is 23.2 Å². The smallest absolute Gasteiger partial charge is 0.271 e. The van der Waals surface area contributed by atoms with Crippen molar-refractivity contribution in [1.82, 2.24) is 10.6 Å². The Bertz CT molecular complexity index is 915. The second-order valence-corrected chi connectivity index (χ2v) is 4.57. The second kappa shape index (κ2) is 7.58. The van der Waals surface area contributed by atoms with Gasteiger partial charge >= 0.3 is 0 Å². The Hall–Kier alpha value is -3.63. The maximum atomic E-state index is 11.0. The van der Waals surface area contributed by atoms with Crippen LogP contribution in [0.5, 0.6) is 0 Å². The third-order valence-electron chi connectivity index (χ3n) is 2.48. The van der Waals surface area contributed by atoms with Gasteiger partial charge in [-0.1, -0.05) is 23.2 Å². The number of hydrogen-bond donors (Lipinski definition) is 2. The van der Waals surface area contributed by atoms with Crippen molar-refractivity contribution in [3.05, 3.63) is 32.5 Å². The fourth-order valence-corrected chi connectivity index (χ4v) is 1.78. The van der Waals surface area contributed by atoms with Gasteiger partial charge in [-0.2, -0.15) is 21.0 Å². The van der Waals surface area contributed by atoms with Gasteiger partial charge in [0.2, 0.25) is 0 Å². The topological polar surface area (TPSA) is 170 Å². The molecule has 2 aliphatic heterocycles. The molecule has 24 heavy (non-hydrogen) atoms. The molecule has 0 aromatic rings. The van der Waals surface area contributed by atoms with Gasteiger partial charge in [0.15, 0.2) is 5.57 Å². The summed E-state index contributed by atoms with van der Waals surface area (Å²) in [5.74, 6) is -2.11. The third kappa shape index (κ3) is 3.40. The second-order valence-electron chi connectivity index (χ2n) is 3.81. The summed E-state index contributed by atoms with van der Waals surface area (Å²) in [6.07, 6.45) is 0. The van der Waals surface area contributed by atoms with Gasteiger partial charge in [0.1, 0.15) is 45.5 Å². The van der Waals surface area contributed by atoms with Crippen LogP contribution in [-0.2, 0) is 14.4 Å². The molecule has 0 fully saturated rings. The van der Waals surface area contributed by atoms with Gasteiger partial charge in [0.05, 0.1) is 5.70 Å². The number of allylic oxidation sites excluding steroid dienone is 2. The number of amides is 3. The lowest BCUT2D eigenvalue weighted by Crippen LogP contribution is -2.22. The van der Waals surface area contributed by atoms with Crippen LogP contribution in [0.3, 0.4) is 0 Å². The van der Waals surface area contributed by atoms with Gasteiger partial charge in [-0.15, -0.1) is 0 Å². The van der Waals surface area contributed by atoms with Crippen molar-refractivity contribution >= 4 is 40.9 Å². The van der Waals surface area contributed by atoms with Crippen LogP contribution in [-0.4, -0.2) is 17.7 Å². The zero-order valence-corrected chi connectivity index (χ0v) is 12.8. The molecule has 2 heterocycles. The zero-order valence-electron chi connectivity index (χ0n) is 11.3. The molecule has 3 amide bonds. The van der Waals surface area contributed by atoms with Crippen LogP contribution in [0.15, 0.2) is 32.5 Å². The van der Waals surface area contributed by atoms with Crippen molar-refractivity contribution in [2.75, 3.05) is 0 Å². The first-order valence-corrected chi connectivity index (χ1v) is 6.39.